The van der Waals surface area contributed by atoms with Gasteiger partial charge in [0.1, 0.15) is 5.69 Å². The molecular formula is C10H14N4O4. The van der Waals surface area contributed by atoms with Crippen LogP contribution in [0.15, 0.2) is 12.5 Å². The number of carboxylic acid groups (broad SMARTS) is 1. The first-order chi connectivity index (χ1) is 8.56. The molecule has 8 heteroatoms. The number of hydrogen-bond donors (Lipinski definition) is 4. The van der Waals surface area contributed by atoms with Crippen molar-refractivity contribution < 1.29 is 19.8 Å². The summed E-state index contributed by atoms with van der Waals surface area (Å²) in [6, 6.07) is -0.472. The molecule has 1 saturated heterocycles. The highest BCUT2D eigenvalue weighted by Gasteiger charge is 2.33. The summed E-state index contributed by atoms with van der Waals surface area (Å²) in [4.78, 5) is 30.2. The molecule has 4 N–H and O–H groups in total. The second kappa shape index (κ2) is 5.15. The fraction of sp³-hybridized carbons (Fsp3) is 0.500. The fourth-order valence-corrected chi connectivity index (χ4v) is 1.95. The Morgan fingerprint density at radius 2 is 2.33 bits per heavy atom. The van der Waals surface area contributed by atoms with Crippen LogP contribution in [-0.4, -0.2) is 68.7 Å². The first kappa shape index (κ1) is 12.5. The average molecular weight is 254 g/mol. The van der Waals surface area contributed by atoms with Gasteiger partial charge in [-0.3, -0.25) is 14.5 Å². The molecule has 0 unspecified atom stereocenters. The summed E-state index contributed by atoms with van der Waals surface area (Å²) in [5.74, 6) is -1.32. The molecule has 1 aliphatic rings. The number of carboxylic acids is 1. The van der Waals surface area contributed by atoms with Crippen LogP contribution in [0.4, 0.5) is 0 Å². The third kappa shape index (κ3) is 2.84. The maximum atomic E-state index is 11.7. The molecule has 1 aliphatic heterocycles. The second-order valence-corrected chi connectivity index (χ2v) is 4.20. The molecule has 1 amide bonds. The first-order valence-corrected chi connectivity index (χ1v) is 5.47. The van der Waals surface area contributed by atoms with Crippen molar-refractivity contribution in [3.8, 4) is 0 Å². The highest BCUT2D eigenvalue weighted by Crippen LogP contribution is 2.10. The van der Waals surface area contributed by atoms with Crippen molar-refractivity contribution in [2.24, 2.45) is 0 Å². The van der Waals surface area contributed by atoms with Gasteiger partial charge in [-0.05, 0) is 0 Å². The molecule has 0 aliphatic carbocycles. The Morgan fingerprint density at radius 1 is 1.56 bits per heavy atom. The third-order valence-electron chi connectivity index (χ3n) is 2.78. The van der Waals surface area contributed by atoms with E-state index in [1.54, 1.807) is 4.90 Å². The Morgan fingerprint density at radius 3 is 2.94 bits per heavy atom. The number of hydrogen-bond acceptors (Lipinski definition) is 5. The van der Waals surface area contributed by atoms with Gasteiger partial charge in [-0.15, -0.1) is 0 Å². The van der Waals surface area contributed by atoms with Crippen molar-refractivity contribution in [3.63, 3.8) is 0 Å². The number of β-amino-alcohol motifs (C(OH)–C–C–N with tert-alkyl or cyclic N) is 1. The number of nitrogens with one attached hydrogen (secondary N) is 2. The number of aliphatic hydroxyl groups is 1. The summed E-state index contributed by atoms with van der Waals surface area (Å²) < 4.78 is 0. The smallest absolute Gasteiger partial charge is 0.317 e. The molecule has 0 saturated carbocycles. The van der Waals surface area contributed by atoms with Crippen LogP contribution in [0.1, 0.15) is 10.5 Å². The number of H-pyrrole nitrogens is 1. The molecule has 0 aromatic carbocycles. The lowest BCUT2D eigenvalue weighted by molar-refractivity contribution is -0.138. The van der Waals surface area contributed by atoms with E-state index in [-0.39, 0.29) is 19.0 Å². The van der Waals surface area contributed by atoms with Gasteiger partial charge in [-0.1, -0.05) is 0 Å². The minimum atomic E-state index is -0.956. The van der Waals surface area contributed by atoms with E-state index in [2.05, 4.69) is 15.3 Å². The molecule has 1 aromatic heterocycles. The minimum absolute atomic E-state index is 0.145. The van der Waals surface area contributed by atoms with Gasteiger partial charge in [0.15, 0.2) is 0 Å². The topological polar surface area (TPSA) is 119 Å². The SMILES string of the molecule is O=C(O)CN1C[C@@H](O)[C@H](NC(=O)c2cnc[nH]2)C1. The molecule has 2 rings (SSSR count). The van der Waals surface area contributed by atoms with Gasteiger partial charge >= 0.3 is 5.97 Å². The summed E-state index contributed by atoms with van der Waals surface area (Å²) in [7, 11) is 0. The summed E-state index contributed by atoms with van der Waals surface area (Å²) in [6.07, 6.45) is 2.00. The third-order valence-corrected chi connectivity index (χ3v) is 2.78. The maximum Gasteiger partial charge on any atom is 0.317 e. The number of nitrogens with zero attached hydrogens (tertiary/aromatic N) is 2. The average Bonchev–Trinajstić information content (AvgIpc) is 2.88. The van der Waals surface area contributed by atoms with Crippen molar-refractivity contribution in [2.45, 2.75) is 12.1 Å². The molecule has 2 atom stereocenters. The Balaban J connectivity index is 1.90. The number of aromatic nitrogens is 2. The zero-order valence-corrected chi connectivity index (χ0v) is 9.54. The number of imidazole rings is 1. The van der Waals surface area contributed by atoms with E-state index < -0.39 is 18.1 Å². The van der Waals surface area contributed by atoms with Crippen molar-refractivity contribution in [1.29, 1.82) is 0 Å². The van der Waals surface area contributed by atoms with E-state index >= 15 is 0 Å². The van der Waals surface area contributed by atoms with E-state index in [1.165, 1.54) is 12.5 Å². The van der Waals surface area contributed by atoms with Crippen molar-refractivity contribution in [2.75, 3.05) is 19.6 Å². The van der Waals surface area contributed by atoms with Gasteiger partial charge in [0.05, 0.1) is 31.2 Å². The number of aliphatic carboxylic acids is 1. The predicted octanol–water partition coefficient (Wildman–Crippen LogP) is -1.73. The fourth-order valence-electron chi connectivity index (χ4n) is 1.95. The molecule has 2 heterocycles. The van der Waals surface area contributed by atoms with Gasteiger partial charge in [0.25, 0.3) is 5.91 Å². The van der Waals surface area contributed by atoms with E-state index in [0.717, 1.165) is 0 Å². The van der Waals surface area contributed by atoms with E-state index in [9.17, 15) is 14.7 Å². The van der Waals surface area contributed by atoms with Crippen LogP contribution in [-0.2, 0) is 4.79 Å². The van der Waals surface area contributed by atoms with Crippen molar-refractivity contribution >= 4 is 11.9 Å². The Bertz CT molecular complexity index is 433. The van der Waals surface area contributed by atoms with Gasteiger partial charge in [0, 0.05) is 13.1 Å². The highest BCUT2D eigenvalue weighted by molar-refractivity contribution is 5.92. The monoisotopic (exact) mass is 254 g/mol. The summed E-state index contributed by atoms with van der Waals surface area (Å²) in [6.45, 7) is 0.404. The molecule has 1 fully saturated rings. The molecule has 98 valence electrons. The molecular weight excluding hydrogens is 240 g/mol. The number of amides is 1. The summed E-state index contributed by atoms with van der Waals surface area (Å²) in [5, 5.41) is 21.0. The molecule has 0 spiro atoms. The molecule has 0 radical (unpaired) electrons. The number of carbonyl (C=O) groups excluding carboxylic acids is 1. The normalized spacial score (nSPS) is 24.1. The maximum absolute atomic E-state index is 11.7. The predicted molar refractivity (Wildman–Crippen MR) is 59.9 cm³/mol. The van der Waals surface area contributed by atoms with Crippen LogP contribution in [0.3, 0.4) is 0 Å². The lowest BCUT2D eigenvalue weighted by Crippen LogP contribution is -2.43. The number of carbonyl (C=O) groups is 2. The summed E-state index contributed by atoms with van der Waals surface area (Å²) in [5.41, 5.74) is 0.305. The lowest BCUT2D eigenvalue weighted by Gasteiger charge is -2.15. The van der Waals surface area contributed by atoms with Crippen LogP contribution < -0.4 is 5.32 Å². The number of rotatable bonds is 4. The highest BCUT2D eigenvalue weighted by atomic mass is 16.4. The molecule has 8 nitrogen and oxygen atoms in total. The van der Waals surface area contributed by atoms with E-state index in [4.69, 9.17) is 5.11 Å². The van der Waals surface area contributed by atoms with Crippen molar-refractivity contribution in [3.05, 3.63) is 18.2 Å². The largest absolute Gasteiger partial charge is 0.480 e. The standard InChI is InChI=1S/C10H14N4O4/c15-8-3-14(4-9(16)17)2-7(8)13-10(18)6-1-11-5-12-6/h1,5,7-8,15H,2-4H2,(H,11,12)(H,13,18)(H,16,17)/t7-,8-/m1/s1. The van der Waals surface area contributed by atoms with E-state index in [1.807, 2.05) is 0 Å². The van der Waals surface area contributed by atoms with Gasteiger partial charge in [0.2, 0.25) is 0 Å². The molecule has 0 bridgehead atoms. The Hall–Kier alpha value is -1.93. The van der Waals surface area contributed by atoms with Crippen LogP contribution in [0.25, 0.3) is 0 Å². The zero-order chi connectivity index (χ0) is 13.1. The summed E-state index contributed by atoms with van der Waals surface area (Å²) >= 11 is 0. The van der Waals surface area contributed by atoms with Crippen LogP contribution >= 0.6 is 0 Å². The lowest BCUT2D eigenvalue weighted by atomic mass is 10.2. The quantitative estimate of drug-likeness (QED) is 0.507. The van der Waals surface area contributed by atoms with Gasteiger partial charge in [-0.2, -0.15) is 0 Å². The number of aliphatic hydroxyl groups excluding tert-OH is 1. The van der Waals surface area contributed by atoms with Crippen LogP contribution in [0, 0.1) is 0 Å². The zero-order valence-electron chi connectivity index (χ0n) is 9.54. The number of likely N-dealkylation sites (tertiary alicyclic amines) is 1. The first-order valence-electron chi connectivity index (χ1n) is 5.47. The Labute approximate surface area is 103 Å². The van der Waals surface area contributed by atoms with Crippen LogP contribution in [0.2, 0.25) is 0 Å². The van der Waals surface area contributed by atoms with Gasteiger partial charge in [-0.25, -0.2) is 4.98 Å². The van der Waals surface area contributed by atoms with Gasteiger partial charge < -0.3 is 20.5 Å². The number of aromatic amines is 1. The molecule has 18 heavy (non-hydrogen) atoms. The second-order valence-electron chi connectivity index (χ2n) is 4.20. The molecule has 1 aromatic rings. The minimum Gasteiger partial charge on any atom is -0.480 e. The van der Waals surface area contributed by atoms with Crippen molar-refractivity contribution in [1.82, 2.24) is 20.2 Å². The van der Waals surface area contributed by atoms with E-state index in [0.29, 0.717) is 12.2 Å². The Kier molecular flexibility index (Phi) is 3.58. The van der Waals surface area contributed by atoms with Crippen LogP contribution in [0.5, 0.6) is 0 Å².